The molecule has 0 aliphatic carbocycles. The van der Waals surface area contributed by atoms with Gasteiger partial charge in [-0.1, -0.05) is 17.7 Å². The van der Waals surface area contributed by atoms with Crippen LogP contribution in [0.3, 0.4) is 0 Å². The van der Waals surface area contributed by atoms with Gasteiger partial charge >= 0.3 is 0 Å². The first-order chi connectivity index (χ1) is 15.4. The number of hydrogen-bond donors (Lipinski definition) is 1. The molecule has 11 heteroatoms. The molecule has 1 aromatic heterocycles. The zero-order valence-corrected chi connectivity index (χ0v) is 18.8. The molecule has 32 heavy (non-hydrogen) atoms. The topological polar surface area (TPSA) is 109 Å². The average Bonchev–Trinajstić information content (AvgIpc) is 3.07. The van der Waals surface area contributed by atoms with E-state index in [-0.39, 0.29) is 40.4 Å². The average molecular weight is 479 g/mol. The molecule has 170 valence electrons. The maximum absolute atomic E-state index is 12.9. The summed E-state index contributed by atoms with van der Waals surface area (Å²) in [7, 11) is -3.70. The van der Waals surface area contributed by atoms with Gasteiger partial charge in [-0.25, -0.2) is 12.7 Å². The molecular weight excluding hydrogens is 456 g/mol. The molecule has 0 bridgehead atoms. The number of aromatic nitrogens is 1. The Morgan fingerprint density at radius 2 is 2.03 bits per heavy atom. The first kappa shape index (κ1) is 22.7. The zero-order chi connectivity index (χ0) is 22.7. The van der Waals surface area contributed by atoms with E-state index in [9.17, 15) is 18.0 Å². The SMILES string of the molecule is O=C(NCC(c1cccnc1)N1CCOCC1)c1ccc(N2C(=O)CCS2(=O)=O)cc1Cl. The molecule has 0 spiro atoms. The second-order valence-corrected chi connectivity index (χ2v) is 9.89. The molecule has 4 rings (SSSR count). The van der Waals surface area contributed by atoms with Crippen molar-refractivity contribution in [3.63, 3.8) is 0 Å². The Morgan fingerprint density at radius 3 is 2.66 bits per heavy atom. The maximum atomic E-state index is 12.9. The van der Waals surface area contributed by atoms with E-state index in [2.05, 4.69) is 15.2 Å². The van der Waals surface area contributed by atoms with Gasteiger partial charge < -0.3 is 10.1 Å². The van der Waals surface area contributed by atoms with E-state index < -0.39 is 15.9 Å². The van der Waals surface area contributed by atoms with Crippen molar-refractivity contribution < 1.29 is 22.7 Å². The molecule has 1 atom stereocenters. The summed E-state index contributed by atoms with van der Waals surface area (Å²) in [6.07, 6.45) is 3.41. The molecule has 2 aliphatic heterocycles. The number of pyridine rings is 1. The number of nitrogens with one attached hydrogen (secondary N) is 1. The largest absolute Gasteiger partial charge is 0.379 e. The lowest BCUT2D eigenvalue weighted by Crippen LogP contribution is -2.43. The summed E-state index contributed by atoms with van der Waals surface area (Å²) in [5.41, 5.74) is 1.32. The highest BCUT2D eigenvalue weighted by molar-refractivity contribution is 7.94. The maximum Gasteiger partial charge on any atom is 0.252 e. The van der Waals surface area contributed by atoms with E-state index in [4.69, 9.17) is 16.3 Å². The van der Waals surface area contributed by atoms with Crippen LogP contribution >= 0.6 is 11.6 Å². The number of nitrogens with zero attached hydrogens (tertiary/aromatic N) is 3. The molecular formula is C21H23ClN4O5S. The van der Waals surface area contributed by atoms with Crippen molar-refractivity contribution in [1.82, 2.24) is 15.2 Å². The van der Waals surface area contributed by atoms with E-state index >= 15 is 0 Å². The lowest BCUT2D eigenvalue weighted by atomic mass is 10.1. The molecule has 3 heterocycles. The van der Waals surface area contributed by atoms with Gasteiger partial charge in [-0.15, -0.1) is 0 Å². The molecule has 9 nitrogen and oxygen atoms in total. The zero-order valence-electron chi connectivity index (χ0n) is 17.2. The van der Waals surface area contributed by atoms with Crippen LogP contribution < -0.4 is 9.62 Å². The summed E-state index contributed by atoms with van der Waals surface area (Å²) in [4.78, 5) is 31.3. The van der Waals surface area contributed by atoms with Crippen LogP contribution in [0.4, 0.5) is 5.69 Å². The number of benzene rings is 1. The number of sulfonamides is 1. The third kappa shape index (κ3) is 4.78. The molecule has 0 radical (unpaired) electrons. The number of hydrogen-bond acceptors (Lipinski definition) is 7. The standard InChI is InChI=1S/C21H23ClN4O5S/c22-18-12-16(26-20(27)5-11-32(26,29)30)3-4-17(18)21(28)24-14-19(15-2-1-6-23-13-15)25-7-9-31-10-8-25/h1-4,6,12-13,19H,5,7-11,14H2,(H,24,28). The number of halogens is 1. The van der Waals surface area contributed by atoms with Gasteiger partial charge in [0.15, 0.2) is 0 Å². The van der Waals surface area contributed by atoms with Crippen molar-refractivity contribution in [2.45, 2.75) is 12.5 Å². The molecule has 2 aromatic rings. The summed E-state index contributed by atoms with van der Waals surface area (Å²) in [6, 6.07) is 7.92. The first-order valence-electron chi connectivity index (χ1n) is 10.2. The van der Waals surface area contributed by atoms with Crippen molar-refractivity contribution in [2.75, 3.05) is 42.9 Å². The number of carbonyl (C=O) groups is 2. The summed E-state index contributed by atoms with van der Waals surface area (Å²) in [5, 5.41) is 2.99. The van der Waals surface area contributed by atoms with E-state index in [0.29, 0.717) is 19.8 Å². The van der Waals surface area contributed by atoms with Crippen LogP contribution in [0.25, 0.3) is 0 Å². The Hall–Kier alpha value is -2.53. The summed E-state index contributed by atoms with van der Waals surface area (Å²) in [5.74, 6) is -1.13. The van der Waals surface area contributed by atoms with Crippen LogP contribution in [0.5, 0.6) is 0 Å². The van der Waals surface area contributed by atoms with Gasteiger partial charge in [0.1, 0.15) is 0 Å². The predicted molar refractivity (Wildman–Crippen MR) is 119 cm³/mol. The Morgan fingerprint density at radius 1 is 1.25 bits per heavy atom. The minimum absolute atomic E-state index is 0.0687. The van der Waals surface area contributed by atoms with Crippen molar-refractivity contribution in [2.24, 2.45) is 0 Å². The molecule has 2 fully saturated rings. The number of rotatable bonds is 6. The Balaban J connectivity index is 1.49. The third-order valence-electron chi connectivity index (χ3n) is 5.52. The van der Waals surface area contributed by atoms with Crippen LogP contribution in [0.1, 0.15) is 28.4 Å². The minimum Gasteiger partial charge on any atom is -0.379 e. The molecule has 2 saturated heterocycles. The van der Waals surface area contributed by atoms with Gasteiger partial charge in [0.05, 0.1) is 41.3 Å². The number of amides is 2. The van der Waals surface area contributed by atoms with Gasteiger partial charge in [0, 0.05) is 38.4 Å². The molecule has 1 N–H and O–H groups in total. The van der Waals surface area contributed by atoms with E-state index in [1.54, 1.807) is 12.4 Å². The molecule has 2 amide bonds. The van der Waals surface area contributed by atoms with Crippen LogP contribution in [-0.2, 0) is 19.6 Å². The quantitative estimate of drug-likeness (QED) is 0.671. The van der Waals surface area contributed by atoms with Crippen LogP contribution in [0.15, 0.2) is 42.7 Å². The summed E-state index contributed by atoms with van der Waals surface area (Å²) in [6.45, 7) is 3.06. The highest BCUT2D eigenvalue weighted by atomic mass is 35.5. The van der Waals surface area contributed by atoms with Crippen molar-refractivity contribution >= 4 is 39.1 Å². The second-order valence-electron chi connectivity index (χ2n) is 7.55. The van der Waals surface area contributed by atoms with Crippen LogP contribution in [0, 0.1) is 0 Å². The Labute approximate surface area is 191 Å². The second kappa shape index (κ2) is 9.53. The fourth-order valence-corrected chi connectivity index (χ4v) is 5.60. The fourth-order valence-electron chi connectivity index (χ4n) is 3.89. The molecule has 1 unspecified atom stereocenters. The number of ether oxygens (including phenoxy) is 1. The van der Waals surface area contributed by atoms with Crippen molar-refractivity contribution in [1.29, 1.82) is 0 Å². The van der Waals surface area contributed by atoms with E-state index in [1.165, 1.54) is 18.2 Å². The Kier molecular flexibility index (Phi) is 6.75. The molecule has 0 saturated carbocycles. The van der Waals surface area contributed by atoms with Gasteiger partial charge in [-0.2, -0.15) is 0 Å². The highest BCUT2D eigenvalue weighted by Gasteiger charge is 2.36. The monoisotopic (exact) mass is 478 g/mol. The minimum atomic E-state index is -3.70. The highest BCUT2D eigenvalue weighted by Crippen LogP contribution is 2.29. The van der Waals surface area contributed by atoms with Gasteiger partial charge in [0.2, 0.25) is 15.9 Å². The Bertz CT molecular complexity index is 1110. The summed E-state index contributed by atoms with van der Waals surface area (Å²) >= 11 is 6.29. The number of anilines is 1. The molecule has 1 aromatic carbocycles. The molecule has 2 aliphatic rings. The van der Waals surface area contributed by atoms with Gasteiger partial charge in [0.25, 0.3) is 5.91 Å². The normalized spacial score (nSPS) is 19.7. The smallest absolute Gasteiger partial charge is 0.252 e. The lowest BCUT2D eigenvalue weighted by Gasteiger charge is -2.34. The van der Waals surface area contributed by atoms with Crippen LogP contribution in [0.2, 0.25) is 5.02 Å². The summed E-state index contributed by atoms with van der Waals surface area (Å²) < 4.78 is 30.4. The third-order valence-corrected chi connectivity index (χ3v) is 7.53. The van der Waals surface area contributed by atoms with E-state index in [0.717, 1.165) is 23.0 Å². The number of morpholine rings is 1. The lowest BCUT2D eigenvalue weighted by molar-refractivity contribution is -0.116. The predicted octanol–water partition coefficient (Wildman–Crippen LogP) is 1.60. The van der Waals surface area contributed by atoms with E-state index in [1.807, 2.05) is 12.1 Å². The fraction of sp³-hybridized carbons (Fsp3) is 0.381. The number of carbonyl (C=O) groups excluding carboxylic acids is 2. The van der Waals surface area contributed by atoms with Crippen LogP contribution in [-0.4, -0.2) is 68.7 Å². The van der Waals surface area contributed by atoms with Gasteiger partial charge in [-0.05, 0) is 29.8 Å². The first-order valence-corrected chi connectivity index (χ1v) is 12.2. The van der Waals surface area contributed by atoms with Gasteiger partial charge in [-0.3, -0.25) is 19.5 Å². The van der Waals surface area contributed by atoms with Crippen molar-refractivity contribution in [3.8, 4) is 0 Å². The van der Waals surface area contributed by atoms with Crippen molar-refractivity contribution in [3.05, 3.63) is 58.9 Å².